The second kappa shape index (κ2) is 11.4. The third-order valence-corrected chi connectivity index (χ3v) is 3.80. The number of nitrogens with zero attached hydrogens (tertiary/aromatic N) is 1. The van der Waals surface area contributed by atoms with Crippen LogP contribution in [0.4, 0.5) is 0 Å². The van der Waals surface area contributed by atoms with Crippen LogP contribution in [0.15, 0.2) is 0 Å². The zero-order chi connectivity index (χ0) is 15.5. The van der Waals surface area contributed by atoms with Gasteiger partial charge in [-0.1, -0.05) is 13.8 Å². The van der Waals surface area contributed by atoms with Gasteiger partial charge < -0.3 is 24.8 Å². The lowest BCUT2D eigenvalue weighted by Crippen LogP contribution is -2.44. The maximum Gasteiger partial charge on any atom is 0.0900 e. The van der Waals surface area contributed by atoms with Gasteiger partial charge >= 0.3 is 0 Å². The van der Waals surface area contributed by atoms with Gasteiger partial charge in [0.2, 0.25) is 0 Å². The van der Waals surface area contributed by atoms with E-state index in [0.717, 1.165) is 26.2 Å². The first-order valence-electron chi connectivity index (χ1n) is 8.29. The Labute approximate surface area is 130 Å². The van der Waals surface area contributed by atoms with Gasteiger partial charge in [-0.2, -0.15) is 0 Å². The second-order valence-electron chi connectivity index (χ2n) is 6.54. The number of hydrogen-bond donors (Lipinski definition) is 2. The van der Waals surface area contributed by atoms with Gasteiger partial charge in [-0.15, -0.1) is 0 Å². The van der Waals surface area contributed by atoms with E-state index in [9.17, 15) is 5.11 Å². The molecule has 0 aromatic heterocycles. The first-order valence-corrected chi connectivity index (χ1v) is 8.29. The number of aliphatic hydroxyl groups is 1. The van der Waals surface area contributed by atoms with Crippen LogP contribution in [0.5, 0.6) is 0 Å². The van der Waals surface area contributed by atoms with Crippen LogP contribution in [0.25, 0.3) is 0 Å². The van der Waals surface area contributed by atoms with Gasteiger partial charge in [-0.05, 0) is 44.3 Å². The summed E-state index contributed by atoms with van der Waals surface area (Å²) in [6, 6.07) is 0. The maximum atomic E-state index is 10.0. The van der Waals surface area contributed by atoms with E-state index in [0.29, 0.717) is 38.2 Å². The van der Waals surface area contributed by atoms with Crippen molar-refractivity contribution < 1.29 is 14.6 Å². The van der Waals surface area contributed by atoms with Crippen molar-refractivity contribution in [2.24, 2.45) is 11.8 Å². The molecule has 1 rings (SSSR count). The summed E-state index contributed by atoms with van der Waals surface area (Å²) in [7, 11) is 1.65. The highest BCUT2D eigenvalue weighted by Crippen LogP contribution is 2.16. The molecule has 2 N–H and O–H groups in total. The summed E-state index contributed by atoms with van der Waals surface area (Å²) in [5.41, 5.74) is 0. The fraction of sp³-hybridized carbons (Fsp3) is 1.00. The van der Waals surface area contributed by atoms with Crippen LogP contribution < -0.4 is 5.32 Å². The first kappa shape index (κ1) is 18.8. The van der Waals surface area contributed by atoms with Crippen LogP contribution in [0.3, 0.4) is 0 Å². The summed E-state index contributed by atoms with van der Waals surface area (Å²) in [5.74, 6) is 1.41. The Hall–Kier alpha value is -0.200. The van der Waals surface area contributed by atoms with Crippen molar-refractivity contribution in [2.45, 2.75) is 32.8 Å². The zero-order valence-electron chi connectivity index (χ0n) is 14.0. The predicted octanol–water partition coefficient (Wildman–Crippen LogP) is 0.968. The van der Waals surface area contributed by atoms with E-state index in [-0.39, 0.29) is 0 Å². The lowest BCUT2D eigenvalue weighted by atomic mass is 9.97. The highest BCUT2D eigenvalue weighted by Gasteiger charge is 2.21. The van der Waals surface area contributed by atoms with Crippen molar-refractivity contribution in [3.8, 4) is 0 Å². The standard InChI is InChI=1S/C16H34N2O3/c1-14(2)9-17-10-15-5-4-6-18(11-15)12-16(19)13-21-8-7-20-3/h14-17,19H,4-13H2,1-3H3. The number of likely N-dealkylation sites (tertiary alicyclic amines) is 1. The van der Waals surface area contributed by atoms with Gasteiger partial charge in [0.15, 0.2) is 0 Å². The van der Waals surface area contributed by atoms with Crippen molar-refractivity contribution in [2.75, 3.05) is 59.7 Å². The molecular formula is C16H34N2O3. The van der Waals surface area contributed by atoms with Crippen LogP contribution in [0.2, 0.25) is 0 Å². The molecule has 5 nitrogen and oxygen atoms in total. The van der Waals surface area contributed by atoms with Crippen LogP contribution >= 0.6 is 0 Å². The fourth-order valence-electron chi connectivity index (χ4n) is 2.77. The second-order valence-corrected chi connectivity index (χ2v) is 6.54. The van der Waals surface area contributed by atoms with Crippen LogP contribution in [-0.4, -0.2) is 75.8 Å². The molecule has 21 heavy (non-hydrogen) atoms. The molecule has 0 saturated carbocycles. The number of hydrogen-bond acceptors (Lipinski definition) is 5. The van der Waals surface area contributed by atoms with E-state index >= 15 is 0 Å². The average molecular weight is 302 g/mol. The van der Waals surface area contributed by atoms with Gasteiger partial charge in [-0.25, -0.2) is 0 Å². The number of nitrogens with one attached hydrogen (secondary N) is 1. The summed E-state index contributed by atoms with van der Waals surface area (Å²) >= 11 is 0. The molecule has 1 fully saturated rings. The molecule has 0 aromatic carbocycles. The molecule has 0 aliphatic carbocycles. The van der Waals surface area contributed by atoms with E-state index in [1.54, 1.807) is 7.11 Å². The monoisotopic (exact) mass is 302 g/mol. The Morgan fingerprint density at radius 2 is 2.14 bits per heavy atom. The summed E-state index contributed by atoms with van der Waals surface area (Å²) in [6.07, 6.45) is 2.12. The van der Waals surface area contributed by atoms with Gasteiger partial charge in [0.1, 0.15) is 0 Å². The summed E-state index contributed by atoms with van der Waals surface area (Å²) < 4.78 is 10.3. The fourth-order valence-corrected chi connectivity index (χ4v) is 2.77. The molecule has 0 amide bonds. The van der Waals surface area contributed by atoms with E-state index in [2.05, 4.69) is 24.1 Å². The molecule has 2 unspecified atom stereocenters. The number of piperidine rings is 1. The molecule has 0 radical (unpaired) electrons. The molecule has 5 heteroatoms. The third kappa shape index (κ3) is 9.42. The van der Waals surface area contributed by atoms with Crippen LogP contribution in [0.1, 0.15) is 26.7 Å². The smallest absolute Gasteiger partial charge is 0.0900 e. The summed E-state index contributed by atoms with van der Waals surface area (Å²) in [4.78, 5) is 2.37. The lowest BCUT2D eigenvalue weighted by Gasteiger charge is -2.34. The molecule has 1 heterocycles. The van der Waals surface area contributed by atoms with Gasteiger partial charge in [-0.3, -0.25) is 0 Å². The Balaban J connectivity index is 2.13. The molecule has 0 bridgehead atoms. The van der Waals surface area contributed by atoms with Gasteiger partial charge in [0.05, 0.1) is 25.9 Å². The molecule has 2 atom stereocenters. The van der Waals surface area contributed by atoms with E-state index < -0.39 is 6.10 Å². The highest BCUT2D eigenvalue weighted by molar-refractivity contribution is 4.76. The quantitative estimate of drug-likeness (QED) is 0.557. The number of β-amino-alcohol motifs (C(OH)–C–C–N with tert-alkyl or cyclic N) is 1. The van der Waals surface area contributed by atoms with Crippen molar-refractivity contribution in [3.05, 3.63) is 0 Å². The average Bonchev–Trinajstić information content (AvgIpc) is 2.44. The molecule has 0 aromatic rings. The maximum absolute atomic E-state index is 10.0. The van der Waals surface area contributed by atoms with Crippen molar-refractivity contribution in [1.82, 2.24) is 10.2 Å². The molecule has 1 aliphatic heterocycles. The van der Waals surface area contributed by atoms with Gasteiger partial charge in [0, 0.05) is 20.2 Å². The predicted molar refractivity (Wildman–Crippen MR) is 85.6 cm³/mol. The minimum absolute atomic E-state index is 0.399. The molecule has 1 aliphatic rings. The lowest BCUT2D eigenvalue weighted by molar-refractivity contribution is -0.00571. The molecule has 1 saturated heterocycles. The SMILES string of the molecule is COCCOCC(O)CN1CCCC(CNCC(C)C)C1. The van der Waals surface area contributed by atoms with E-state index in [1.165, 1.54) is 12.8 Å². The number of ether oxygens (including phenoxy) is 2. The Morgan fingerprint density at radius 1 is 1.33 bits per heavy atom. The van der Waals surface area contributed by atoms with Crippen molar-refractivity contribution in [3.63, 3.8) is 0 Å². The number of rotatable bonds is 11. The molecule has 126 valence electrons. The zero-order valence-corrected chi connectivity index (χ0v) is 14.0. The van der Waals surface area contributed by atoms with E-state index in [4.69, 9.17) is 9.47 Å². The number of methoxy groups -OCH3 is 1. The minimum atomic E-state index is -0.399. The normalized spacial score (nSPS) is 21.9. The highest BCUT2D eigenvalue weighted by atomic mass is 16.5. The molecule has 0 spiro atoms. The first-order chi connectivity index (χ1) is 10.1. The van der Waals surface area contributed by atoms with E-state index in [1.807, 2.05) is 0 Å². The van der Waals surface area contributed by atoms with Crippen molar-refractivity contribution in [1.29, 1.82) is 0 Å². The Morgan fingerprint density at radius 3 is 2.86 bits per heavy atom. The third-order valence-electron chi connectivity index (χ3n) is 3.80. The largest absolute Gasteiger partial charge is 0.389 e. The Kier molecular flexibility index (Phi) is 10.2. The summed E-state index contributed by atoms with van der Waals surface area (Å²) in [5, 5.41) is 13.6. The minimum Gasteiger partial charge on any atom is -0.389 e. The summed E-state index contributed by atoms with van der Waals surface area (Å²) in [6.45, 7) is 11.1. The number of aliphatic hydroxyl groups excluding tert-OH is 1. The Bertz CT molecular complexity index is 252. The van der Waals surface area contributed by atoms with Gasteiger partial charge in [0.25, 0.3) is 0 Å². The van der Waals surface area contributed by atoms with Crippen LogP contribution in [-0.2, 0) is 9.47 Å². The topological polar surface area (TPSA) is 54.0 Å². The van der Waals surface area contributed by atoms with Crippen LogP contribution in [0, 0.1) is 11.8 Å². The molecular weight excluding hydrogens is 268 g/mol. The van der Waals surface area contributed by atoms with Crippen molar-refractivity contribution >= 4 is 0 Å².